The van der Waals surface area contributed by atoms with Crippen LogP contribution in [-0.2, 0) is 9.53 Å². The molecular formula is C16H23ClN2O2. The fourth-order valence-corrected chi connectivity index (χ4v) is 2.95. The summed E-state index contributed by atoms with van der Waals surface area (Å²) in [4.78, 5) is 12.1. The Morgan fingerprint density at radius 3 is 2.76 bits per heavy atom. The SMILES string of the molecule is COC(c1ccc(Cl)cc1)C(C)NC(=O)CC1CCCN1. The number of carbonyl (C=O) groups is 1. The molecule has 21 heavy (non-hydrogen) atoms. The van der Waals surface area contributed by atoms with E-state index in [-0.39, 0.29) is 18.1 Å². The summed E-state index contributed by atoms with van der Waals surface area (Å²) in [7, 11) is 1.65. The fourth-order valence-electron chi connectivity index (χ4n) is 2.82. The summed E-state index contributed by atoms with van der Waals surface area (Å²) in [6.07, 6.45) is 2.58. The second kappa shape index (κ2) is 7.78. The van der Waals surface area contributed by atoms with E-state index in [1.54, 1.807) is 7.11 Å². The third-order valence-electron chi connectivity index (χ3n) is 3.89. The van der Waals surface area contributed by atoms with Gasteiger partial charge in [-0.15, -0.1) is 0 Å². The summed E-state index contributed by atoms with van der Waals surface area (Å²) in [5, 5.41) is 7.06. The van der Waals surface area contributed by atoms with Crippen LogP contribution in [0.2, 0.25) is 5.02 Å². The molecule has 2 N–H and O–H groups in total. The van der Waals surface area contributed by atoms with E-state index in [9.17, 15) is 4.79 Å². The molecule has 0 radical (unpaired) electrons. The molecule has 0 bridgehead atoms. The molecule has 1 saturated heterocycles. The predicted molar refractivity (Wildman–Crippen MR) is 84.4 cm³/mol. The van der Waals surface area contributed by atoms with Crippen LogP contribution in [-0.4, -0.2) is 31.6 Å². The molecule has 2 rings (SSSR count). The molecule has 1 aliphatic rings. The van der Waals surface area contributed by atoms with Crippen LogP contribution in [0.3, 0.4) is 0 Å². The van der Waals surface area contributed by atoms with Crippen molar-refractivity contribution in [1.29, 1.82) is 0 Å². The van der Waals surface area contributed by atoms with E-state index in [1.165, 1.54) is 0 Å². The minimum absolute atomic E-state index is 0.0675. The highest BCUT2D eigenvalue weighted by molar-refractivity contribution is 6.30. The highest BCUT2D eigenvalue weighted by Gasteiger charge is 2.23. The number of ether oxygens (including phenoxy) is 1. The molecule has 116 valence electrons. The molecule has 4 nitrogen and oxygen atoms in total. The van der Waals surface area contributed by atoms with Gasteiger partial charge >= 0.3 is 0 Å². The molecule has 1 amide bonds. The summed E-state index contributed by atoms with van der Waals surface area (Å²) in [6, 6.07) is 7.74. The third-order valence-corrected chi connectivity index (χ3v) is 4.14. The van der Waals surface area contributed by atoms with Gasteiger partial charge in [-0.25, -0.2) is 0 Å². The Kier molecular flexibility index (Phi) is 6.03. The lowest BCUT2D eigenvalue weighted by atomic mass is 10.0. The summed E-state index contributed by atoms with van der Waals surface area (Å²) >= 11 is 5.90. The van der Waals surface area contributed by atoms with Crippen molar-refractivity contribution in [2.24, 2.45) is 0 Å². The Labute approximate surface area is 131 Å². The summed E-state index contributed by atoms with van der Waals surface area (Å²) in [5.74, 6) is 0.0675. The molecule has 3 atom stereocenters. The second-order valence-corrected chi connectivity index (χ2v) is 6.00. The van der Waals surface area contributed by atoms with E-state index in [0.717, 1.165) is 24.9 Å². The van der Waals surface area contributed by atoms with Gasteiger partial charge in [0.25, 0.3) is 0 Å². The number of carbonyl (C=O) groups excluding carboxylic acids is 1. The molecule has 1 heterocycles. The van der Waals surface area contributed by atoms with Gasteiger partial charge < -0.3 is 15.4 Å². The van der Waals surface area contributed by atoms with Crippen LogP contribution in [0.4, 0.5) is 0 Å². The van der Waals surface area contributed by atoms with Crippen LogP contribution in [0, 0.1) is 0 Å². The molecule has 1 aliphatic heterocycles. The number of nitrogens with one attached hydrogen (secondary N) is 2. The van der Waals surface area contributed by atoms with Crippen LogP contribution in [0.5, 0.6) is 0 Å². The summed E-state index contributed by atoms with van der Waals surface area (Å²) in [5.41, 5.74) is 1.01. The van der Waals surface area contributed by atoms with Gasteiger partial charge in [-0.2, -0.15) is 0 Å². The smallest absolute Gasteiger partial charge is 0.221 e. The molecule has 0 aliphatic carbocycles. The number of hydrogen-bond donors (Lipinski definition) is 2. The van der Waals surface area contributed by atoms with Gasteiger partial charge in [-0.1, -0.05) is 23.7 Å². The largest absolute Gasteiger partial charge is 0.375 e. The number of halogens is 1. The molecule has 1 aromatic rings. The van der Waals surface area contributed by atoms with Crippen molar-refractivity contribution in [2.45, 2.75) is 44.4 Å². The molecule has 0 aromatic heterocycles. The van der Waals surface area contributed by atoms with Crippen LogP contribution in [0.1, 0.15) is 37.9 Å². The molecule has 5 heteroatoms. The highest BCUT2D eigenvalue weighted by Crippen LogP contribution is 2.22. The van der Waals surface area contributed by atoms with Gasteiger partial charge in [0, 0.05) is 24.6 Å². The first-order chi connectivity index (χ1) is 10.1. The van der Waals surface area contributed by atoms with Crippen molar-refractivity contribution in [1.82, 2.24) is 10.6 Å². The lowest BCUT2D eigenvalue weighted by Crippen LogP contribution is -2.40. The van der Waals surface area contributed by atoms with E-state index in [2.05, 4.69) is 10.6 Å². The Hall–Kier alpha value is -1.10. The predicted octanol–water partition coefficient (Wildman–Crippen LogP) is 2.67. The van der Waals surface area contributed by atoms with Crippen LogP contribution < -0.4 is 10.6 Å². The Morgan fingerprint density at radius 1 is 1.48 bits per heavy atom. The average molecular weight is 311 g/mol. The maximum atomic E-state index is 12.1. The second-order valence-electron chi connectivity index (χ2n) is 5.56. The van der Waals surface area contributed by atoms with Gasteiger partial charge in [-0.3, -0.25) is 4.79 Å². The third kappa shape index (κ3) is 4.70. The van der Waals surface area contributed by atoms with E-state index >= 15 is 0 Å². The molecule has 0 saturated carbocycles. The quantitative estimate of drug-likeness (QED) is 0.849. The standard InChI is InChI=1S/C16H23ClN2O2/c1-11(19-15(20)10-14-4-3-9-18-14)16(21-2)12-5-7-13(17)8-6-12/h5-8,11,14,16,18H,3-4,9-10H2,1-2H3,(H,19,20). The first-order valence-electron chi connectivity index (χ1n) is 7.41. The van der Waals surface area contributed by atoms with E-state index in [0.29, 0.717) is 17.5 Å². The number of rotatable bonds is 6. The first-order valence-corrected chi connectivity index (χ1v) is 7.79. The normalized spacial score (nSPS) is 21.0. The topological polar surface area (TPSA) is 50.4 Å². The lowest BCUT2D eigenvalue weighted by molar-refractivity contribution is -0.123. The van der Waals surface area contributed by atoms with Crippen molar-refractivity contribution in [3.63, 3.8) is 0 Å². The zero-order valence-corrected chi connectivity index (χ0v) is 13.3. The zero-order valence-electron chi connectivity index (χ0n) is 12.6. The van der Waals surface area contributed by atoms with Crippen molar-refractivity contribution in [3.05, 3.63) is 34.9 Å². The van der Waals surface area contributed by atoms with Crippen molar-refractivity contribution >= 4 is 17.5 Å². The lowest BCUT2D eigenvalue weighted by Gasteiger charge is -2.24. The van der Waals surface area contributed by atoms with E-state index in [4.69, 9.17) is 16.3 Å². The maximum Gasteiger partial charge on any atom is 0.221 e. The maximum absolute atomic E-state index is 12.1. The molecule has 1 fully saturated rings. The number of methoxy groups -OCH3 is 1. The minimum Gasteiger partial charge on any atom is -0.375 e. The van der Waals surface area contributed by atoms with Gasteiger partial charge in [0.05, 0.1) is 6.04 Å². The van der Waals surface area contributed by atoms with Crippen molar-refractivity contribution < 1.29 is 9.53 Å². The molecule has 1 aromatic carbocycles. The highest BCUT2D eigenvalue weighted by atomic mass is 35.5. The van der Waals surface area contributed by atoms with Crippen molar-refractivity contribution in [3.8, 4) is 0 Å². The fraction of sp³-hybridized carbons (Fsp3) is 0.562. The van der Waals surface area contributed by atoms with Gasteiger partial charge in [0.15, 0.2) is 0 Å². The van der Waals surface area contributed by atoms with Gasteiger partial charge in [0.2, 0.25) is 5.91 Å². The zero-order chi connectivity index (χ0) is 15.2. The first kappa shape index (κ1) is 16.3. The minimum atomic E-state index is -0.178. The summed E-state index contributed by atoms with van der Waals surface area (Å²) < 4.78 is 5.54. The van der Waals surface area contributed by atoms with Crippen LogP contribution in [0.25, 0.3) is 0 Å². The Bertz CT molecular complexity index is 458. The van der Waals surface area contributed by atoms with E-state index in [1.807, 2.05) is 31.2 Å². The molecule has 3 unspecified atom stereocenters. The van der Waals surface area contributed by atoms with E-state index < -0.39 is 0 Å². The Balaban J connectivity index is 1.91. The van der Waals surface area contributed by atoms with Gasteiger partial charge in [0.1, 0.15) is 6.10 Å². The monoisotopic (exact) mass is 310 g/mol. The number of benzene rings is 1. The van der Waals surface area contributed by atoms with Crippen molar-refractivity contribution in [2.75, 3.05) is 13.7 Å². The van der Waals surface area contributed by atoms with Crippen LogP contribution >= 0.6 is 11.6 Å². The van der Waals surface area contributed by atoms with Crippen LogP contribution in [0.15, 0.2) is 24.3 Å². The average Bonchev–Trinajstić information content (AvgIpc) is 2.94. The van der Waals surface area contributed by atoms with Gasteiger partial charge in [-0.05, 0) is 44.0 Å². The molecular weight excluding hydrogens is 288 g/mol. The number of amides is 1. The summed E-state index contributed by atoms with van der Waals surface area (Å²) in [6.45, 7) is 2.97. The number of hydrogen-bond acceptors (Lipinski definition) is 3. The Morgan fingerprint density at radius 2 is 2.19 bits per heavy atom. The molecule has 0 spiro atoms.